The highest BCUT2D eigenvalue weighted by atomic mass is 16.2. The molecular formula is C22H26N2O. The molecule has 0 bridgehead atoms. The van der Waals surface area contributed by atoms with E-state index < -0.39 is 0 Å². The fraction of sp³-hybridized carbons (Fsp3) is 0.409. The molecule has 1 N–H and O–H groups in total. The van der Waals surface area contributed by atoms with E-state index >= 15 is 0 Å². The number of likely N-dealkylation sites (tertiary alicyclic amines) is 1. The monoisotopic (exact) mass is 334 g/mol. The van der Waals surface area contributed by atoms with Gasteiger partial charge in [-0.25, -0.2) is 0 Å². The molecule has 25 heavy (non-hydrogen) atoms. The van der Waals surface area contributed by atoms with Gasteiger partial charge in [-0.1, -0.05) is 48.5 Å². The molecule has 1 saturated heterocycles. The molecule has 2 fully saturated rings. The molecule has 1 aliphatic carbocycles. The summed E-state index contributed by atoms with van der Waals surface area (Å²) in [7, 11) is 0. The Labute approximate surface area is 150 Å². The molecule has 0 radical (unpaired) electrons. The predicted molar refractivity (Wildman–Crippen MR) is 101 cm³/mol. The first-order chi connectivity index (χ1) is 12.3. The molecule has 3 nitrogen and oxygen atoms in total. The lowest BCUT2D eigenvalue weighted by Gasteiger charge is -2.32. The van der Waals surface area contributed by atoms with Gasteiger partial charge in [0.05, 0.1) is 0 Å². The minimum absolute atomic E-state index is 0.179. The number of amides is 1. The average molecular weight is 334 g/mol. The third kappa shape index (κ3) is 3.93. The normalized spacial score (nSPS) is 23.4. The van der Waals surface area contributed by atoms with Crippen molar-refractivity contribution in [1.82, 2.24) is 10.2 Å². The van der Waals surface area contributed by atoms with Crippen LogP contribution in [0.5, 0.6) is 0 Å². The molecule has 130 valence electrons. The number of carbonyl (C=O) groups is 1. The van der Waals surface area contributed by atoms with Crippen molar-refractivity contribution in [1.29, 1.82) is 0 Å². The van der Waals surface area contributed by atoms with Crippen molar-refractivity contribution in [3.63, 3.8) is 0 Å². The number of benzene rings is 2. The molecule has 3 heteroatoms. The van der Waals surface area contributed by atoms with Gasteiger partial charge in [-0.3, -0.25) is 4.79 Å². The maximum Gasteiger partial charge on any atom is 0.253 e. The molecule has 0 spiro atoms. The molecule has 2 aromatic carbocycles. The Morgan fingerprint density at radius 3 is 2.28 bits per heavy atom. The van der Waals surface area contributed by atoms with E-state index in [-0.39, 0.29) is 5.91 Å². The second kappa shape index (κ2) is 7.40. The summed E-state index contributed by atoms with van der Waals surface area (Å²) >= 11 is 0. The lowest BCUT2D eigenvalue weighted by molar-refractivity contribution is 0.0690. The minimum atomic E-state index is 0.179. The number of nitrogens with one attached hydrogen (secondary N) is 1. The zero-order valence-electron chi connectivity index (χ0n) is 14.6. The van der Waals surface area contributed by atoms with Gasteiger partial charge in [0.15, 0.2) is 0 Å². The summed E-state index contributed by atoms with van der Waals surface area (Å²) in [5.41, 5.74) is 2.27. The van der Waals surface area contributed by atoms with Crippen LogP contribution in [-0.4, -0.2) is 36.5 Å². The van der Waals surface area contributed by atoms with E-state index in [4.69, 9.17) is 0 Å². The summed E-state index contributed by atoms with van der Waals surface area (Å²) in [5.74, 6) is 1.57. The van der Waals surface area contributed by atoms with Crippen LogP contribution in [0.3, 0.4) is 0 Å². The molecule has 1 amide bonds. The molecule has 1 aliphatic heterocycles. The number of piperidine rings is 1. The van der Waals surface area contributed by atoms with Crippen LogP contribution in [0, 0.1) is 5.92 Å². The van der Waals surface area contributed by atoms with Crippen molar-refractivity contribution in [3.8, 4) is 0 Å². The van der Waals surface area contributed by atoms with Gasteiger partial charge in [-0.05, 0) is 49.4 Å². The summed E-state index contributed by atoms with van der Waals surface area (Å²) in [4.78, 5) is 14.5. The fourth-order valence-electron chi connectivity index (χ4n) is 3.91. The first-order valence-corrected chi connectivity index (χ1v) is 9.44. The molecule has 2 aliphatic rings. The highest BCUT2D eigenvalue weighted by Gasteiger charge is 2.38. The van der Waals surface area contributed by atoms with Gasteiger partial charge in [0, 0.05) is 30.6 Å². The first-order valence-electron chi connectivity index (χ1n) is 9.44. The van der Waals surface area contributed by atoms with Crippen molar-refractivity contribution in [2.24, 2.45) is 5.92 Å². The van der Waals surface area contributed by atoms with Crippen LogP contribution in [0.1, 0.15) is 41.1 Å². The van der Waals surface area contributed by atoms with Crippen molar-refractivity contribution in [3.05, 3.63) is 71.8 Å². The Balaban J connectivity index is 1.20. The number of carbonyl (C=O) groups excluding carboxylic acids is 1. The molecule has 0 aromatic heterocycles. The van der Waals surface area contributed by atoms with Crippen molar-refractivity contribution in [2.45, 2.75) is 31.2 Å². The summed E-state index contributed by atoms with van der Waals surface area (Å²) in [6, 6.07) is 21.1. The van der Waals surface area contributed by atoms with Crippen LogP contribution in [0.25, 0.3) is 0 Å². The first kappa shape index (κ1) is 16.3. The highest BCUT2D eigenvalue weighted by molar-refractivity contribution is 5.94. The zero-order chi connectivity index (χ0) is 17.1. The summed E-state index contributed by atoms with van der Waals surface area (Å²) in [5, 5.41) is 3.75. The largest absolute Gasteiger partial charge is 0.339 e. The molecule has 4 rings (SSSR count). The third-order valence-corrected chi connectivity index (χ3v) is 5.61. The van der Waals surface area contributed by atoms with Gasteiger partial charge in [0.2, 0.25) is 0 Å². The highest BCUT2D eigenvalue weighted by Crippen LogP contribution is 2.40. The van der Waals surface area contributed by atoms with Crippen LogP contribution in [0.4, 0.5) is 0 Å². The van der Waals surface area contributed by atoms with E-state index in [0.717, 1.165) is 38.0 Å². The second-order valence-electron chi connectivity index (χ2n) is 7.37. The van der Waals surface area contributed by atoms with E-state index in [0.29, 0.717) is 17.9 Å². The standard InChI is InChI=1S/C22H26N2O/c25-22(19-9-5-2-6-10-19)24-13-11-17(12-14-24)16-23-21-15-20(21)18-7-3-1-4-8-18/h1-10,17,20-21,23H,11-16H2/t20-,21?/m1/s1. The Morgan fingerprint density at radius 2 is 1.60 bits per heavy atom. The van der Waals surface area contributed by atoms with Gasteiger partial charge in [0.25, 0.3) is 5.91 Å². The molecule has 1 unspecified atom stereocenters. The Kier molecular flexibility index (Phi) is 4.84. The van der Waals surface area contributed by atoms with Gasteiger partial charge >= 0.3 is 0 Å². The van der Waals surface area contributed by atoms with Crippen LogP contribution in [-0.2, 0) is 0 Å². The maximum atomic E-state index is 12.5. The van der Waals surface area contributed by atoms with E-state index in [2.05, 4.69) is 35.6 Å². The lowest BCUT2D eigenvalue weighted by Crippen LogP contribution is -2.41. The quantitative estimate of drug-likeness (QED) is 0.904. The summed E-state index contributed by atoms with van der Waals surface area (Å²) < 4.78 is 0. The van der Waals surface area contributed by atoms with E-state index in [1.807, 2.05) is 35.2 Å². The minimum Gasteiger partial charge on any atom is -0.339 e. The van der Waals surface area contributed by atoms with Gasteiger partial charge in [0.1, 0.15) is 0 Å². The van der Waals surface area contributed by atoms with Crippen LogP contribution >= 0.6 is 0 Å². The van der Waals surface area contributed by atoms with Gasteiger partial charge in [-0.2, -0.15) is 0 Å². The van der Waals surface area contributed by atoms with Crippen LogP contribution in [0.2, 0.25) is 0 Å². The Morgan fingerprint density at radius 1 is 0.960 bits per heavy atom. The van der Waals surface area contributed by atoms with E-state index in [1.165, 1.54) is 12.0 Å². The third-order valence-electron chi connectivity index (χ3n) is 5.61. The molecule has 2 aromatic rings. The maximum absolute atomic E-state index is 12.5. The summed E-state index contributed by atoms with van der Waals surface area (Å²) in [6.07, 6.45) is 3.47. The topological polar surface area (TPSA) is 32.3 Å². The molecule has 1 heterocycles. The smallest absolute Gasteiger partial charge is 0.253 e. The fourth-order valence-corrected chi connectivity index (χ4v) is 3.91. The van der Waals surface area contributed by atoms with E-state index in [1.54, 1.807) is 0 Å². The number of hydrogen-bond acceptors (Lipinski definition) is 2. The number of hydrogen-bond donors (Lipinski definition) is 1. The van der Waals surface area contributed by atoms with Crippen LogP contribution in [0.15, 0.2) is 60.7 Å². The summed E-state index contributed by atoms with van der Waals surface area (Å²) in [6.45, 7) is 2.85. The lowest BCUT2D eigenvalue weighted by atomic mass is 9.96. The van der Waals surface area contributed by atoms with Gasteiger partial charge < -0.3 is 10.2 Å². The second-order valence-corrected chi connectivity index (χ2v) is 7.37. The van der Waals surface area contributed by atoms with Crippen molar-refractivity contribution >= 4 is 5.91 Å². The van der Waals surface area contributed by atoms with Crippen molar-refractivity contribution in [2.75, 3.05) is 19.6 Å². The SMILES string of the molecule is O=C(c1ccccc1)N1CCC(CNC2C[C@@H]2c2ccccc2)CC1. The predicted octanol–water partition coefficient (Wildman–Crippen LogP) is 3.68. The number of nitrogens with zero attached hydrogens (tertiary/aromatic N) is 1. The Bertz CT molecular complexity index is 692. The van der Waals surface area contributed by atoms with Crippen LogP contribution < -0.4 is 5.32 Å². The zero-order valence-corrected chi connectivity index (χ0v) is 14.6. The molecular weight excluding hydrogens is 308 g/mol. The molecule has 2 atom stereocenters. The Hall–Kier alpha value is -2.13. The number of rotatable bonds is 5. The van der Waals surface area contributed by atoms with Crippen molar-refractivity contribution < 1.29 is 4.79 Å². The van der Waals surface area contributed by atoms with Gasteiger partial charge in [-0.15, -0.1) is 0 Å². The average Bonchev–Trinajstić information content (AvgIpc) is 3.47. The molecule has 1 saturated carbocycles. The van der Waals surface area contributed by atoms with E-state index in [9.17, 15) is 4.79 Å².